The highest BCUT2D eigenvalue weighted by molar-refractivity contribution is 6.32. The minimum atomic E-state index is 0.0436. The number of benzene rings is 1. The van der Waals surface area contributed by atoms with Gasteiger partial charge in [-0.1, -0.05) is 23.7 Å². The lowest BCUT2D eigenvalue weighted by Gasteiger charge is -2.33. The zero-order chi connectivity index (χ0) is 13.0. The minimum Gasteiger partial charge on any atom is -0.482 e. The Hall–Kier alpha value is -1.22. The molecule has 1 heterocycles. The van der Waals surface area contributed by atoms with Crippen LogP contribution in [0.2, 0.25) is 5.02 Å². The molecule has 0 radical (unpaired) electrons. The molecule has 18 heavy (non-hydrogen) atoms. The van der Waals surface area contributed by atoms with E-state index in [9.17, 15) is 4.79 Å². The number of likely N-dealkylation sites (tertiary alicyclic amines) is 1. The van der Waals surface area contributed by atoms with Gasteiger partial charge in [-0.2, -0.15) is 0 Å². The highest BCUT2D eigenvalue weighted by atomic mass is 35.5. The molecule has 0 aliphatic carbocycles. The monoisotopic (exact) mass is 267 g/mol. The topological polar surface area (TPSA) is 29.5 Å². The molecule has 1 atom stereocenters. The van der Waals surface area contributed by atoms with Gasteiger partial charge in [-0.25, -0.2) is 0 Å². The predicted octanol–water partition coefficient (Wildman–Crippen LogP) is 3.12. The van der Waals surface area contributed by atoms with Crippen molar-refractivity contribution in [3.63, 3.8) is 0 Å². The Bertz CT molecular complexity index is 422. The van der Waals surface area contributed by atoms with Crippen molar-refractivity contribution in [3.05, 3.63) is 29.3 Å². The number of amides is 1. The van der Waals surface area contributed by atoms with E-state index in [-0.39, 0.29) is 12.5 Å². The number of ether oxygens (including phenoxy) is 1. The summed E-state index contributed by atoms with van der Waals surface area (Å²) in [5.74, 6) is 0.610. The van der Waals surface area contributed by atoms with Crippen molar-refractivity contribution in [1.82, 2.24) is 4.90 Å². The standard InChI is InChI=1S/C14H18ClNO2/c1-11-6-4-5-9-16(11)14(17)10-18-13-8-3-2-7-12(13)15/h2-3,7-8,11H,4-6,9-10H2,1H3. The molecule has 3 nitrogen and oxygen atoms in total. The van der Waals surface area contributed by atoms with Crippen LogP contribution in [0.15, 0.2) is 24.3 Å². The van der Waals surface area contributed by atoms with Gasteiger partial charge in [0.25, 0.3) is 5.91 Å². The first kappa shape index (κ1) is 13.2. The molecule has 1 amide bonds. The Balaban J connectivity index is 1.90. The lowest BCUT2D eigenvalue weighted by Crippen LogP contribution is -2.44. The molecule has 1 unspecified atom stereocenters. The molecule has 4 heteroatoms. The maximum Gasteiger partial charge on any atom is 0.260 e. The highest BCUT2D eigenvalue weighted by Gasteiger charge is 2.23. The first-order valence-corrected chi connectivity index (χ1v) is 6.73. The fourth-order valence-electron chi connectivity index (χ4n) is 2.25. The Kier molecular flexibility index (Phi) is 4.48. The molecule has 0 saturated carbocycles. The third kappa shape index (κ3) is 3.16. The molecule has 1 aliphatic rings. The summed E-state index contributed by atoms with van der Waals surface area (Å²) < 4.78 is 5.48. The number of rotatable bonds is 3. The van der Waals surface area contributed by atoms with Crippen LogP contribution >= 0.6 is 11.6 Å². The van der Waals surface area contributed by atoms with Gasteiger partial charge in [0.1, 0.15) is 5.75 Å². The Morgan fingerprint density at radius 3 is 2.94 bits per heavy atom. The summed E-state index contributed by atoms with van der Waals surface area (Å²) in [4.78, 5) is 14.0. The number of hydrogen-bond donors (Lipinski definition) is 0. The van der Waals surface area contributed by atoms with Crippen LogP contribution in [0.3, 0.4) is 0 Å². The summed E-state index contributed by atoms with van der Waals surface area (Å²) >= 11 is 5.97. The van der Waals surface area contributed by atoms with Crippen molar-refractivity contribution >= 4 is 17.5 Å². The van der Waals surface area contributed by atoms with Crippen LogP contribution in [0, 0.1) is 0 Å². The minimum absolute atomic E-state index is 0.0436. The van der Waals surface area contributed by atoms with Gasteiger partial charge in [-0.15, -0.1) is 0 Å². The molecule has 0 N–H and O–H groups in total. The van der Waals surface area contributed by atoms with Gasteiger partial charge in [0.2, 0.25) is 0 Å². The lowest BCUT2D eigenvalue weighted by molar-refractivity contribution is -0.136. The Morgan fingerprint density at radius 1 is 1.44 bits per heavy atom. The van der Waals surface area contributed by atoms with E-state index < -0.39 is 0 Å². The molecule has 1 fully saturated rings. The van der Waals surface area contributed by atoms with Crippen molar-refractivity contribution in [3.8, 4) is 5.75 Å². The third-order valence-electron chi connectivity index (χ3n) is 3.31. The normalized spacial score (nSPS) is 19.7. The van der Waals surface area contributed by atoms with E-state index in [4.69, 9.17) is 16.3 Å². The van der Waals surface area contributed by atoms with Gasteiger partial charge in [0.15, 0.2) is 6.61 Å². The van der Waals surface area contributed by atoms with Crippen LogP contribution in [0.5, 0.6) is 5.75 Å². The summed E-state index contributed by atoms with van der Waals surface area (Å²) in [7, 11) is 0. The molecule has 98 valence electrons. The SMILES string of the molecule is CC1CCCCN1C(=O)COc1ccccc1Cl. The van der Waals surface area contributed by atoms with Crippen LogP contribution in [-0.4, -0.2) is 30.0 Å². The second kappa shape index (κ2) is 6.10. The summed E-state index contributed by atoms with van der Waals surface area (Å²) in [6, 6.07) is 7.53. The summed E-state index contributed by atoms with van der Waals surface area (Å²) in [5.41, 5.74) is 0. The number of para-hydroxylation sites is 1. The average molecular weight is 268 g/mol. The van der Waals surface area contributed by atoms with Gasteiger partial charge >= 0.3 is 0 Å². The number of halogens is 1. The lowest BCUT2D eigenvalue weighted by atomic mass is 10.0. The van der Waals surface area contributed by atoms with Crippen LogP contribution in [0.4, 0.5) is 0 Å². The largest absolute Gasteiger partial charge is 0.482 e. The molecule has 2 rings (SSSR count). The first-order chi connectivity index (χ1) is 8.68. The van der Waals surface area contributed by atoms with E-state index in [0.717, 1.165) is 19.4 Å². The van der Waals surface area contributed by atoms with Crippen LogP contribution in [0.1, 0.15) is 26.2 Å². The number of carbonyl (C=O) groups is 1. The van der Waals surface area contributed by atoms with Crippen molar-refractivity contribution in [1.29, 1.82) is 0 Å². The molecule has 0 spiro atoms. The van der Waals surface area contributed by atoms with Gasteiger partial charge in [0.05, 0.1) is 5.02 Å². The van der Waals surface area contributed by atoms with Gasteiger partial charge in [0, 0.05) is 12.6 Å². The van der Waals surface area contributed by atoms with Gasteiger partial charge in [-0.05, 0) is 38.3 Å². The van der Waals surface area contributed by atoms with E-state index in [1.807, 2.05) is 17.0 Å². The second-order valence-electron chi connectivity index (χ2n) is 4.65. The molecule has 0 bridgehead atoms. The van der Waals surface area contributed by atoms with Gasteiger partial charge in [-0.3, -0.25) is 4.79 Å². The van der Waals surface area contributed by atoms with Crippen LogP contribution < -0.4 is 4.74 Å². The van der Waals surface area contributed by atoms with E-state index in [0.29, 0.717) is 16.8 Å². The maximum atomic E-state index is 12.1. The number of carbonyl (C=O) groups excluding carboxylic acids is 1. The molecule has 1 aromatic rings. The fraction of sp³-hybridized carbons (Fsp3) is 0.500. The highest BCUT2D eigenvalue weighted by Crippen LogP contribution is 2.23. The van der Waals surface area contributed by atoms with Crippen molar-refractivity contribution < 1.29 is 9.53 Å². The number of hydrogen-bond acceptors (Lipinski definition) is 2. The van der Waals surface area contributed by atoms with E-state index in [1.165, 1.54) is 6.42 Å². The summed E-state index contributed by atoms with van der Waals surface area (Å²) in [6.45, 7) is 2.99. The van der Waals surface area contributed by atoms with E-state index in [2.05, 4.69) is 6.92 Å². The Labute approximate surface area is 113 Å². The molecule has 1 saturated heterocycles. The average Bonchev–Trinajstić information content (AvgIpc) is 2.38. The van der Waals surface area contributed by atoms with E-state index in [1.54, 1.807) is 12.1 Å². The molecule has 1 aromatic carbocycles. The predicted molar refractivity (Wildman–Crippen MR) is 72.0 cm³/mol. The zero-order valence-electron chi connectivity index (χ0n) is 10.6. The quantitative estimate of drug-likeness (QED) is 0.842. The van der Waals surface area contributed by atoms with Crippen LogP contribution in [0.25, 0.3) is 0 Å². The van der Waals surface area contributed by atoms with Crippen molar-refractivity contribution in [2.24, 2.45) is 0 Å². The van der Waals surface area contributed by atoms with Crippen molar-refractivity contribution in [2.75, 3.05) is 13.2 Å². The molecular weight excluding hydrogens is 250 g/mol. The van der Waals surface area contributed by atoms with E-state index >= 15 is 0 Å². The fourth-order valence-corrected chi connectivity index (χ4v) is 2.44. The number of nitrogens with zero attached hydrogens (tertiary/aromatic N) is 1. The smallest absolute Gasteiger partial charge is 0.260 e. The van der Waals surface area contributed by atoms with Gasteiger partial charge < -0.3 is 9.64 Å². The molecule has 1 aliphatic heterocycles. The number of piperidine rings is 1. The van der Waals surface area contributed by atoms with Crippen LogP contribution in [-0.2, 0) is 4.79 Å². The summed E-state index contributed by atoms with van der Waals surface area (Å²) in [5, 5.41) is 0.539. The molecular formula is C14H18ClNO2. The molecule has 0 aromatic heterocycles. The van der Waals surface area contributed by atoms with Crippen molar-refractivity contribution in [2.45, 2.75) is 32.2 Å². The maximum absolute atomic E-state index is 12.1. The second-order valence-corrected chi connectivity index (χ2v) is 5.06. The third-order valence-corrected chi connectivity index (χ3v) is 3.62. The first-order valence-electron chi connectivity index (χ1n) is 6.35. The Morgan fingerprint density at radius 2 is 2.22 bits per heavy atom. The zero-order valence-corrected chi connectivity index (χ0v) is 11.3. The summed E-state index contributed by atoms with van der Waals surface area (Å²) in [6.07, 6.45) is 3.37.